The molecule has 1 aromatic heterocycles. The molecule has 0 aliphatic rings. The van der Waals surface area contributed by atoms with E-state index in [1.807, 2.05) is 0 Å². The summed E-state index contributed by atoms with van der Waals surface area (Å²) in [6.07, 6.45) is 2.06. The van der Waals surface area contributed by atoms with E-state index in [9.17, 15) is 13.6 Å². The van der Waals surface area contributed by atoms with Gasteiger partial charge in [-0.05, 0) is 12.1 Å². The van der Waals surface area contributed by atoms with Crippen LogP contribution in [0.15, 0.2) is 36.9 Å². The first kappa shape index (κ1) is 12.3. The van der Waals surface area contributed by atoms with E-state index in [2.05, 4.69) is 10.1 Å². The van der Waals surface area contributed by atoms with Crippen LogP contribution >= 0.6 is 0 Å². The zero-order chi connectivity index (χ0) is 13.2. The van der Waals surface area contributed by atoms with Crippen molar-refractivity contribution < 1.29 is 13.6 Å². The molecule has 1 unspecified atom stereocenters. The van der Waals surface area contributed by atoms with E-state index in [1.165, 1.54) is 25.1 Å². The molecule has 2 aromatic rings. The molecule has 0 spiro atoms. The fraction of sp³-hybridized carbons (Fsp3) is 0.250. The molecule has 2 rings (SSSR count). The molecule has 94 valence electrons. The number of Topliss-reactive ketones (excluding diaryl/α,β-unsaturated/α-hetero) is 1. The minimum Gasteiger partial charge on any atom is -0.288 e. The van der Waals surface area contributed by atoms with Crippen LogP contribution in [0.5, 0.6) is 0 Å². The van der Waals surface area contributed by atoms with Crippen LogP contribution in [-0.2, 0) is 5.79 Å². The Kier molecular flexibility index (Phi) is 3.18. The second kappa shape index (κ2) is 4.64. The number of ketones is 1. The average Bonchev–Trinajstić information content (AvgIpc) is 2.92. The predicted molar refractivity (Wildman–Crippen MR) is 60.1 cm³/mol. The highest BCUT2D eigenvalue weighted by molar-refractivity contribution is 6.00. The van der Waals surface area contributed by atoms with E-state index in [-0.39, 0.29) is 12.0 Å². The van der Waals surface area contributed by atoms with Gasteiger partial charge in [0, 0.05) is 6.42 Å². The Bertz CT molecular complexity index is 556. The molecule has 0 bridgehead atoms. The molecule has 1 aromatic carbocycles. The summed E-state index contributed by atoms with van der Waals surface area (Å²) in [4.78, 5) is 15.7. The van der Waals surface area contributed by atoms with Crippen LogP contribution in [0.3, 0.4) is 0 Å². The first-order valence-electron chi connectivity index (χ1n) is 5.43. The number of hydrogen-bond acceptors (Lipinski definition) is 3. The summed E-state index contributed by atoms with van der Waals surface area (Å²) in [5, 5.41) is 3.62. The summed E-state index contributed by atoms with van der Waals surface area (Å²) >= 11 is 0. The lowest BCUT2D eigenvalue weighted by Crippen LogP contribution is -2.38. The molecular weight excluding hydrogens is 240 g/mol. The fourth-order valence-electron chi connectivity index (χ4n) is 1.67. The largest absolute Gasteiger partial charge is 0.288 e. The van der Waals surface area contributed by atoms with Gasteiger partial charge >= 0.3 is 0 Å². The summed E-state index contributed by atoms with van der Waals surface area (Å²) < 4.78 is 29.0. The van der Waals surface area contributed by atoms with Crippen LogP contribution in [0.2, 0.25) is 0 Å². The van der Waals surface area contributed by atoms with Gasteiger partial charge in [-0.3, -0.25) is 4.79 Å². The van der Waals surface area contributed by atoms with Crippen LogP contribution in [0, 0.1) is 5.82 Å². The summed E-state index contributed by atoms with van der Waals surface area (Å²) in [6, 6.07) is 5.28. The number of nitrogens with zero attached hydrogens (tertiary/aromatic N) is 3. The summed E-state index contributed by atoms with van der Waals surface area (Å²) in [5.74, 6) is -4.13. The average molecular weight is 251 g/mol. The highest BCUT2D eigenvalue weighted by atomic mass is 19.1. The lowest BCUT2D eigenvalue weighted by Gasteiger charge is -2.22. The molecular formula is C12H11F2N3O. The van der Waals surface area contributed by atoms with Gasteiger partial charge in [0.05, 0.1) is 5.56 Å². The topological polar surface area (TPSA) is 47.8 Å². The fourth-order valence-corrected chi connectivity index (χ4v) is 1.67. The quantitative estimate of drug-likeness (QED) is 0.783. The van der Waals surface area contributed by atoms with Crippen molar-refractivity contribution in [2.45, 2.75) is 19.1 Å². The molecule has 18 heavy (non-hydrogen) atoms. The van der Waals surface area contributed by atoms with Gasteiger partial charge in [0.15, 0.2) is 0 Å². The zero-order valence-electron chi connectivity index (χ0n) is 9.68. The van der Waals surface area contributed by atoms with Gasteiger partial charge in [-0.25, -0.2) is 18.4 Å². The van der Waals surface area contributed by atoms with Gasteiger partial charge in [-0.1, -0.05) is 19.1 Å². The molecule has 1 heterocycles. The number of alkyl halides is 1. The number of rotatable bonds is 4. The minimum absolute atomic E-state index is 0.163. The maximum atomic E-state index is 14.7. The maximum Gasteiger partial charge on any atom is 0.265 e. The molecule has 0 aliphatic heterocycles. The molecule has 0 fully saturated rings. The van der Waals surface area contributed by atoms with Crippen molar-refractivity contribution in [3.05, 3.63) is 48.3 Å². The van der Waals surface area contributed by atoms with E-state index in [0.29, 0.717) is 0 Å². The van der Waals surface area contributed by atoms with Crippen LogP contribution in [-0.4, -0.2) is 20.5 Å². The van der Waals surface area contributed by atoms with Crippen LogP contribution in [0.25, 0.3) is 0 Å². The zero-order valence-corrected chi connectivity index (χ0v) is 9.68. The van der Waals surface area contributed by atoms with Crippen molar-refractivity contribution in [2.75, 3.05) is 0 Å². The Labute approximate surface area is 102 Å². The molecule has 6 heteroatoms. The molecule has 0 radical (unpaired) electrons. The number of carbonyl (C=O) groups excluding carboxylic acids is 1. The minimum atomic E-state index is -2.42. The van der Waals surface area contributed by atoms with Crippen LogP contribution < -0.4 is 0 Å². The van der Waals surface area contributed by atoms with Crippen molar-refractivity contribution in [2.24, 2.45) is 0 Å². The molecule has 0 N–H and O–H groups in total. The van der Waals surface area contributed by atoms with Crippen molar-refractivity contribution in [3.63, 3.8) is 0 Å². The summed E-state index contributed by atoms with van der Waals surface area (Å²) in [6.45, 7) is 1.49. The Balaban J connectivity index is 2.46. The number of carbonyl (C=O) groups is 1. The van der Waals surface area contributed by atoms with E-state index in [1.54, 1.807) is 0 Å². The van der Waals surface area contributed by atoms with Gasteiger partial charge in [0.25, 0.3) is 5.79 Å². The van der Waals surface area contributed by atoms with Gasteiger partial charge in [-0.2, -0.15) is 5.10 Å². The molecule has 0 aliphatic carbocycles. The lowest BCUT2D eigenvalue weighted by molar-refractivity contribution is 0.0344. The van der Waals surface area contributed by atoms with E-state index < -0.39 is 17.4 Å². The van der Waals surface area contributed by atoms with Gasteiger partial charge in [0.2, 0.25) is 5.78 Å². The first-order chi connectivity index (χ1) is 8.59. The van der Waals surface area contributed by atoms with Crippen LogP contribution in [0.1, 0.15) is 23.7 Å². The summed E-state index contributed by atoms with van der Waals surface area (Å²) in [7, 11) is 0. The SMILES string of the molecule is CCC(F)(C(=O)c1ccccc1F)n1cncn1. The Morgan fingerprint density at radius 3 is 2.72 bits per heavy atom. The smallest absolute Gasteiger partial charge is 0.265 e. The van der Waals surface area contributed by atoms with E-state index in [4.69, 9.17) is 0 Å². The van der Waals surface area contributed by atoms with E-state index in [0.717, 1.165) is 23.4 Å². The standard InChI is InChI=1S/C12H11F2N3O/c1-2-12(14,17-8-15-7-16-17)11(18)9-5-3-4-6-10(9)13/h3-8H,2H2,1H3. The Morgan fingerprint density at radius 1 is 1.44 bits per heavy atom. The third kappa shape index (κ3) is 1.90. The number of aromatic nitrogens is 3. The monoisotopic (exact) mass is 251 g/mol. The van der Waals surface area contributed by atoms with E-state index >= 15 is 0 Å². The lowest BCUT2D eigenvalue weighted by atomic mass is 9.99. The molecule has 1 atom stereocenters. The number of halogens is 2. The molecule has 0 saturated carbocycles. The van der Waals surface area contributed by atoms with Gasteiger partial charge < -0.3 is 0 Å². The number of hydrogen-bond donors (Lipinski definition) is 0. The second-order valence-corrected chi connectivity index (χ2v) is 3.76. The normalized spacial score (nSPS) is 14.2. The third-order valence-electron chi connectivity index (χ3n) is 2.72. The Hall–Kier alpha value is -2.11. The van der Waals surface area contributed by atoms with Crippen molar-refractivity contribution in [3.8, 4) is 0 Å². The van der Waals surface area contributed by atoms with Crippen molar-refractivity contribution in [1.29, 1.82) is 0 Å². The van der Waals surface area contributed by atoms with Gasteiger partial charge in [0.1, 0.15) is 18.5 Å². The highest BCUT2D eigenvalue weighted by Crippen LogP contribution is 2.27. The highest BCUT2D eigenvalue weighted by Gasteiger charge is 2.41. The Morgan fingerprint density at radius 2 is 2.17 bits per heavy atom. The predicted octanol–water partition coefficient (Wildman–Crippen LogP) is 2.33. The third-order valence-corrected chi connectivity index (χ3v) is 2.72. The van der Waals surface area contributed by atoms with Crippen LogP contribution in [0.4, 0.5) is 8.78 Å². The second-order valence-electron chi connectivity index (χ2n) is 3.76. The molecule has 0 saturated heterocycles. The summed E-state index contributed by atoms with van der Waals surface area (Å²) in [5.41, 5.74) is -0.294. The van der Waals surface area contributed by atoms with Crippen molar-refractivity contribution >= 4 is 5.78 Å². The van der Waals surface area contributed by atoms with Crippen molar-refractivity contribution in [1.82, 2.24) is 14.8 Å². The molecule has 4 nitrogen and oxygen atoms in total. The molecule has 0 amide bonds. The number of benzene rings is 1. The first-order valence-corrected chi connectivity index (χ1v) is 5.43. The van der Waals surface area contributed by atoms with Gasteiger partial charge in [-0.15, -0.1) is 0 Å². The maximum absolute atomic E-state index is 14.7.